The lowest BCUT2D eigenvalue weighted by molar-refractivity contribution is 0.220. The molecule has 0 spiro atoms. The average molecular weight is 230 g/mol. The number of nitrogens with one attached hydrogen (secondary N) is 1. The molecule has 0 aliphatic carbocycles. The second-order valence-electron chi connectivity index (χ2n) is 4.32. The number of nitrogens with two attached hydrogens (primary N) is 1. The molecule has 0 saturated heterocycles. The van der Waals surface area contributed by atoms with Gasteiger partial charge < -0.3 is 4.74 Å². The van der Waals surface area contributed by atoms with Crippen molar-refractivity contribution in [3.63, 3.8) is 0 Å². The van der Waals surface area contributed by atoms with Gasteiger partial charge >= 0.3 is 0 Å². The molecule has 3 N–H and O–H groups in total. The highest BCUT2D eigenvalue weighted by Crippen LogP contribution is 2.19. The minimum atomic E-state index is 0.272. The lowest BCUT2D eigenvalue weighted by Crippen LogP contribution is -2.39. The molecule has 1 unspecified atom stereocenters. The van der Waals surface area contributed by atoms with Crippen LogP contribution in [0, 0.1) is 5.92 Å². The van der Waals surface area contributed by atoms with Gasteiger partial charge in [-0.05, 0) is 30.1 Å². The normalized spacial score (nSPS) is 18.5. The molecule has 4 heteroatoms. The summed E-state index contributed by atoms with van der Waals surface area (Å²) in [5.74, 6) is 8.52. The Morgan fingerprint density at radius 1 is 1.53 bits per heavy atom. The summed E-state index contributed by atoms with van der Waals surface area (Å²) in [7, 11) is 0. The molecule has 1 heterocycles. The van der Waals surface area contributed by atoms with Gasteiger partial charge in [-0.2, -0.15) is 11.8 Å². The van der Waals surface area contributed by atoms with Crippen molar-refractivity contribution in [1.29, 1.82) is 0 Å². The smallest absolute Gasteiger partial charge is 0.0876 e. The molecule has 15 heavy (non-hydrogen) atoms. The maximum absolute atomic E-state index is 5.56. The third kappa shape index (κ3) is 4.91. The topological polar surface area (TPSA) is 47.3 Å². The average Bonchev–Trinajstić information content (AvgIpc) is 2.25. The predicted octanol–water partition coefficient (Wildman–Crippen LogP) is 1.90. The van der Waals surface area contributed by atoms with Crippen LogP contribution in [0.5, 0.6) is 0 Å². The van der Waals surface area contributed by atoms with E-state index in [-0.39, 0.29) is 6.04 Å². The molecule has 1 atom stereocenters. The lowest BCUT2D eigenvalue weighted by atomic mass is 10.0. The van der Waals surface area contributed by atoms with E-state index in [2.05, 4.69) is 19.3 Å². The second kappa shape index (κ2) is 7.14. The van der Waals surface area contributed by atoms with Crippen LogP contribution in [0.15, 0.2) is 11.8 Å². The van der Waals surface area contributed by atoms with E-state index in [1.807, 2.05) is 18.0 Å². The van der Waals surface area contributed by atoms with Gasteiger partial charge in [0.2, 0.25) is 0 Å². The summed E-state index contributed by atoms with van der Waals surface area (Å²) < 4.78 is 5.33. The Kier molecular flexibility index (Phi) is 6.13. The van der Waals surface area contributed by atoms with Crippen LogP contribution >= 0.6 is 11.8 Å². The van der Waals surface area contributed by atoms with Crippen LogP contribution in [0.25, 0.3) is 0 Å². The Bertz CT molecular complexity index is 207. The standard InChI is InChI=1S/C11H22N2OS/c1-9(2)7-15-8-11(13-12)10-4-3-5-14-6-10/h6,9,11,13H,3-5,7-8,12H2,1-2H3. The third-order valence-electron chi connectivity index (χ3n) is 2.35. The molecule has 0 radical (unpaired) electrons. The summed E-state index contributed by atoms with van der Waals surface area (Å²) in [5.41, 5.74) is 4.18. The fourth-order valence-corrected chi connectivity index (χ4v) is 2.68. The fourth-order valence-electron chi connectivity index (χ4n) is 1.52. The first-order chi connectivity index (χ1) is 7.24. The third-order valence-corrected chi connectivity index (χ3v) is 3.82. The highest BCUT2D eigenvalue weighted by atomic mass is 32.2. The molecule has 1 rings (SSSR count). The van der Waals surface area contributed by atoms with E-state index in [0.717, 1.165) is 31.1 Å². The van der Waals surface area contributed by atoms with E-state index in [0.29, 0.717) is 0 Å². The zero-order valence-corrected chi connectivity index (χ0v) is 10.5. The molecule has 1 aliphatic heterocycles. The Balaban J connectivity index is 2.31. The summed E-state index contributed by atoms with van der Waals surface area (Å²) in [4.78, 5) is 0. The van der Waals surface area contributed by atoms with E-state index >= 15 is 0 Å². The molecule has 0 saturated carbocycles. The highest BCUT2D eigenvalue weighted by Gasteiger charge is 2.15. The lowest BCUT2D eigenvalue weighted by Gasteiger charge is -2.22. The van der Waals surface area contributed by atoms with Crippen LogP contribution in [0.2, 0.25) is 0 Å². The van der Waals surface area contributed by atoms with Crippen LogP contribution in [0.4, 0.5) is 0 Å². The largest absolute Gasteiger partial charge is 0.501 e. The van der Waals surface area contributed by atoms with Gasteiger partial charge in [-0.3, -0.25) is 11.3 Å². The van der Waals surface area contributed by atoms with Crippen molar-refractivity contribution in [3.05, 3.63) is 11.8 Å². The van der Waals surface area contributed by atoms with Gasteiger partial charge in [-0.15, -0.1) is 0 Å². The molecule has 0 fully saturated rings. The molecular formula is C11H22N2OS. The van der Waals surface area contributed by atoms with Crippen molar-refractivity contribution >= 4 is 11.8 Å². The zero-order chi connectivity index (χ0) is 11.1. The van der Waals surface area contributed by atoms with Crippen molar-refractivity contribution in [2.45, 2.75) is 32.7 Å². The molecule has 0 aromatic heterocycles. The first kappa shape index (κ1) is 12.9. The number of ether oxygens (including phenoxy) is 1. The van der Waals surface area contributed by atoms with Gasteiger partial charge in [0, 0.05) is 5.75 Å². The van der Waals surface area contributed by atoms with Crippen molar-refractivity contribution in [2.24, 2.45) is 11.8 Å². The molecule has 88 valence electrons. The van der Waals surface area contributed by atoms with Gasteiger partial charge in [0.05, 0.1) is 18.9 Å². The number of thioether (sulfide) groups is 1. The molecule has 0 aromatic rings. The van der Waals surface area contributed by atoms with Crippen molar-refractivity contribution in [3.8, 4) is 0 Å². The quantitative estimate of drug-likeness (QED) is 0.540. The van der Waals surface area contributed by atoms with Crippen molar-refractivity contribution < 1.29 is 4.74 Å². The summed E-state index contributed by atoms with van der Waals surface area (Å²) in [6, 6.07) is 0.272. The van der Waals surface area contributed by atoms with E-state index in [4.69, 9.17) is 10.6 Å². The van der Waals surface area contributed by atoms with Crippen molar-refractivity contribution in [1.82, 2.24) is 5.43 Å². The highest BCUT2D eigenvalue weighted by molar-refractivity contribution is 7.99. The Morgan fingerprint density at radius 3 is 2.87 bits per heavy atom. The SMILES string of the molecule is CC(C)CSCC(NN)C1=COCCC1. The Hall–Kier alpha value is -0.190. The molecule has 0 bridgehead atoms. The summed E-state index contributed by atoms with van der Waals surface area (Å²) in [5, 5.41) is 0. The monoisotopic (exact) mass is 230 g/mol. The number of hydrazine groups is 1. The molecular weight excluding hydrogens is 208 g/mol. The molecule has 0 aromatic carbocycles. The Morgan fingerprint density at radius 2 is 2.33 bits per heavy atom. The second-order valence-corrected chi connectivity index (χ2v) is 5.39. The van der Waals surface area contributed by atoms with E-state index in [9.17, 15) is 0 Å². The maximum atomic E-state index is 5.56. The number of rotatable bonds is 6. The zero-order valence-electron chi connectivity index (χ0n) is 9.66. The Labute approximate surface area is 96.8 Å². The predicted molar refractivity (Wildman–Crippen MR) is 66.5 cm³/mol. The minimum Gasteiger partial charge on any atom is -0.501 e. The summed E-state index contributed by atoms with van der Waals surface area (Å²) >= 11 is 1.95. The first-order valence-electron chi connectivity index (χ1n) is 5.58. The van der Waals surface area contributed by atoms with Gasteiger partial charge in [0.15, 0.2) is 0 Å². The van der Waals surface area contributed by atoms with Crippen LogP contribution in [-0.4, -0.2) is 24.2 Å². The van der Waals surface area contributed by atoms with E-state index in [1.165, 1.54) is 11.3 Å². The van der Waals surface area contributed by atoms with E-state index < -0.39 is 0 Å². The summed E-state index contributed by atoms with van der Waals surface area (Å²) in [6.45, 7) is 5.32. The van der Waals surface area contributed by atoms with Gasteiger partial charge in [-0.25, -0.2) is 0 Å². The van der Waals surface area contributed by atoms with Crippen molar-refractivity contribution in [2.75, 3.05) is 18.1 Å². The van der Waals surface area contributed by atoms with Crippen LogP contribution in [0.3, 0.4) is 0 Å². The van der Waals surface area contributed by atoms with Crippen LogP contribution in [0.1, 0.15) is 26.7 Å². The number of hydrogen-bond donors (Lipinski definition) is 2. The maximum Gasteiger partial charge on any atom is 0.0876 e. The van der Waals surface area contributed by atoms with Crippen LogP contribution in [-0.2, 0) is 4.74 Å². The molecule has 0 amide bonds. The van der Waals surface area contributed by atoms with Gasteiger partial charge in [-0.1, -0.05) is 13.8 Å². The molecule has 3 nitrogen and oxygen atoms in total. The fraction of sp³-hybridized carbons (Fsp3) is 0.818. The van der Waals surface area contributed by atoms with Crippen LogP contribution < -0.4 is 11.3 Å². The van der Waals surface area contributed by atoms with Gasteiger partial charge in [0.25, 0.3) is 0 Å². The van der Waals surface area contributed by atoms with Gasteiger partial charge in [0.1, 0.15) is 0 Å². The summed E-state index contributed by atoms with van der Waals surface area (Å²) in [6.07, 6.45) is 4.10. The minimum absolute atomic E-state index is 0.272. The first-order valence-corrected chi connectivity index (χ1v) is 6.74. The molecule has 1 aliphatic rings. The number of hydrogen-bond acceptors (Lipinski definition) is 4. The van der Waals surface area contributed by atoms with E-state index in [1.54, 1.807) is 0 Å².